The van der Waals surface area contributed by atoms with Crippen molar-refractivity contribution in [1.82, 2.24) is 4.98 Å². The summed E-state index contributed by atoms with van der Waals surface area (Å²) in [5.41, 5.74) is -0.538. The van der Waals surface area contributed by atoms with Crippen molar-refractivity contribution in [3.05, 3.63) is 16.7 Å². The smallest absolute Gasteiger partial charge is 0.413 e. The summed E-state index contributed by atoms with van der Waals surface area (Å²) in [5, 5.41) is 2.53. The lowest BCUT2D eigenvalue weighted by Gasteiger charge is -2.19. The molecule has 0 aromatic carbocycles. The Morgan fingerprint density at radius 2 is 2.12 bits per heavy atom. The molecule has 0 aliphatic carbocycles. The highest BCUT2D eigenvalue weighted by atomic mass is 79.9. The van der Waals surface area contributed by atoms with Crippen LogP contribution in [0.3, 0.4) is 0 Å². The van der Waals surface area contributed by atoms with Crippen LogP contribution in [-0.2, 0) is 4.74 Å². The predicted molar refractivity (Wildman–Crippen MR) is 68.3 cm³/mol. The number of nitrogens with one attached hydrogen (secondary N) is 1. The van der Waals surface area contributed by atoms with Crippen molar-refractivity contribution in [3.63, 3.8) is 0 Å². The van der Waals surface area contributed by atoms with Crippen molar-refractivity contribution < 1.29 is 14.3 Å². The van der Waals surface area contributed by atoms with Gasteiger partial charge in [-0.2, -0.15) is 0 Å². The molecule has 0 aliphatic rings. The number of anilines is 1. The van der Waals surface area contributed by atoms with Gasteiger partial charge in [0, 0.05) is 12.3 Å². The van der Waals surface area contributed by atoms with Gasteiger partial charge in [0.15, 0.2) is 0 Å². The molecular weight excluding hydrogens is 288 g/mol. The quantitative estimate of drug-likeness (QED) is 0.911. The zero-order valence-electron chi connectivity index (χ0n) is 10.2. The molecular formula is C11H15BrN2O3. The molecule has 17 heavy (non-hydrogen) atoms. The van der Waals surface area contributed by atoms with E-state index in [1.807, 2.05) is 0 Å². The summed E-state index contributed by atoms with van der Waals surface area (Å²) in [6.45, 7) is 5.38. The number of carbonyl (C=O) groups excluding carboxylic acids is 1. The summed E-state index contributed by atoms with van der Waals surface area (Å²) < 4.78 is 10.9. The Kier molecular flexibility index (Phi) is 4.34. The van der Waals surface area contributed by atoms with Crippen LogP contribution in [0.1, 0.15) is 20.8 Å². The predicted octanol–water partition coefficient (Wildman–Crippen LogP) is 3.20. The first-order valence-corrected chi connectivity index (χ1v) is 5.80. The SMILES string of the molecule is COc1cc(NC(=O)OC(C)(C)C)ncc1Br. The highest BCUT2D eigenvalue weighted by Gasteiger charge is 2.16. The molecule has 1 heterocycles. The van der Waals surface area contributed by atoms with Gasteiger partial charge in [-0.3, -0.25) is 5.32 Å². The first kappa shape index (κ1) is 13.8. The molecule has 0 saturated heterocycles. The van der Waals surface area contributed by atoms with Gasteiger partial charge in [-0.1, -0.05) is 0 Å². The minimum Gasteiger partial charge on any atom is -0.495 e. The van der Waals surface area contributed by atoms with Gasteiger partial charge < -0.3 is 9.47 Å². The first-order valence-electron chi connectivity index (χ1n) is 5.01. The molecule has 1 rings (SSSR count). The van der Waals surface area contributed by atoms with Gasteiger partial charge in [-0.15, -0.1) is 0 Å². The van der Waals surface area contributed by atoms with E-state index in [-0.39, 0.29) is 0 Å². The molecule has 0 spiro atoms. The van der Waals surface area contributed by atoms with Crippen molar-refractivity contribution in [2.24, 2.45) is 0 Å². The number of hydrogen-bond acceptors (Lipinski definition) is 4. The van der Waals surface area contributed by atoms with Crippen molar-refractivity contribution in [2.45, 2.75) is 26.4 Å². The summed E-state index contributed by atoms with van der Waals surface area (Å²) in [4.78, 5) is 15.5. The first-order chi connectivity index (χ1) is 7.81. The van der Waals surface area contributed by atoms with E-state index in [9.17, 15) is 4.79 Å². The van der Waals surface area contributed by atoms with E-state index in [4.69, 9.17) is 9.47 Å². The highest BCUT2D eigenvalue weighted by Crippen LogP contribution is 2.25. The van der Waals surface area contributed by atoms with Crippen LogP contribution in [0.15, 0.2) is 16.7 Å². The van der Waals surface area contributed by atoms with Gasteiger partial charge in [0.25, 0.3) is 0 Å². The minimum absolute atomic E-state index is 0.374. The van der Waals surface area contributed by atoms with Crippen LogP contribution in [0.2, 0.25) is 0 Å². The molecule has 5 nitrogen and oxygen atoms in total. The minimum atomic E-state index is -0.547. The van der Waals surface area contributed by atoms with Crippen LogP contribution in [0.25, 0.3) is 0 Å². The molecule has 0 fully saturated rings. The number of methoxy groups -OCH3 is 1. The normalized spacial score (nSPS) is 10.9. The van der Waals surface area contributed by atoms with Crippen LogP contribution in [0.4, 0.5) is 10.6 Å². The second kappa shape index (κ2) is 5.35. The van der Waals surface area contributed by atoms with E-state index in [0.29, 0.717) is 11.6 Å². The molecule has 0 unspecified atom stereocenters. The maximum absolute atomic E-state index is 11.5. The van der Waals surface area contributed by atoms with Gasteiger partial charge in [0.1, 0.15) is 17.2 Å². The molecule has 6 heteroatoms. The third-order valence-electron chi connectivity index (χ3n) is 1.67. The van der Waals surface area contributed by atoms with Crippen LogP contribution >= 0.6 is 15.9 Å². The average Bonchev–Trinajstić information content (AvgIpc) is 2.18. The van der Waals surface area contributed by atoms with Crippen LogP contribution < -0.4 is 10.1 Å². The van der Waals surface area contributed by atoms with Crippen molar-refractivity contribution in [1.29, 1.82) is 0 Å². The monoisotopic (exact) mass is 302 g/mol. The summed E-state index contributed by atoms with van der Waals surface area (Å²) in [6.07, 6.45) is 1.00. The van der Waals surface area contributed by atoms with Gasteiger partial charge in [0.2, 0.25) is 0 Å². The fourth-order valence-corrected chi connectivity index (χ4v) is 1.43. The van der Waals surface area contributed by atoms with Crippen molar-refractivity contribution >= 4 is 27.8 Å². The Balaban J connectivity index is 2.72. The largest absolute Gasteiger partial charge is 0.495 e. The Morgan fingerprint density at radius 3 is 2.65 bits per heavy atom. The van der Waals surface area contributed by atoms with Gasteiger partial charge in [-0.05, 0) is 36.7 Å². The zero-order chi connectivity index (χ0) is 13.1. The van der Waals surface area contributed by atoms with Crippen LogP contribution in [0, 0.1) is 0 Å². The fraction of sp³-hybridized carbons (Fsp3) is 0.455. The van der Waals surface area contributed by atoms with E-state index >= 15 is 0 Å². The Hall–Kier alpha value is -1.30. The number of amides is 1. The summed E-state index contributed by atoms with van der Waals surface area (Å²) in [7, 11) is 1.54. The van der Waals surface area contributed by atoms with E-state index in [0.717, 1.165) is 4.47 Å². The van der Waals surface area contributed by atoms with Gasteiger partial charge >= 0.3 is 6.09 Å². The number of carbonyl (C=O) groups is 1. The third kappa shape index (κ3) is 4.60. The van der Waals surface area contributed by atoms with Gasteiger partial charge in [-0.25, -0.2) is 9.78 Å². The summed E-state index contributed by atoms with van der Waals surface area (Å²) >= 11 is 3.27. The van der Waals surface area contributed by atoms with E-state index < -0.39 is 11.7 Å². The molecule has 1 N–H and O–H groups in total. The molecule has 1 aromatic rings. The molecule has 1 aromatic heterocycles. The number of hydrogen-bond donors (Lipinski definition) is 1. The number of aromatic nitrogens is 1. The Labute approximate surface area is 109 Å². The van der Waals surface area contributed by atoms with E-state index in [1.165, 1.54) is 7.11 Å². The summed E-state index contributed by atoms with van der Waals surface area (Å²) in [5.74, 6) is 0.963. The lowest BCUT2D eigenvalue weighted by atomic mass is 10.2. The average molecular weight is 303 g/mol. The maximum Gasteiger partial charge on any atom is 0.413 e. The second-order valence-corrected chi connectivity index (χ2v) is 5.19. The lowest BCUT2D eigenvalue weighted by Crippen LogP contribution is -2.27. The maximum atomic E-state index is 11.5. The van der Waals surface area contributed by atoms with Crippen molar-refractivity contribution in [2.75, 3.05) is 12.4 Å². The summed E-state index contributed by atoms with van der Waals surface area (Å²) in [6, 6.07) is 1.61. The Morgan fingerprint density at radius 1 is 1.47 bits per heavy atom. The number of halogens is 1. The molecule has 1 amide bonds. The molecule has 0 radical (unpaired) electrons. The molecule has 94 valence electrons. The van der Waals surface area contributed by atoms with E-state index in [1.54, 1.807) is 33.0 Å². The lowest BCUT2D eigenvalue weighted by molar-refractivity contribution is 0.0635. The molecule has 0 atom stereocenters. The Bertz CT molecular complexity index is 416. The fourth-order valence-electron chi connectivity index (χ4n) is 1.05. The highest BCUT2D eigenvalue weighted by molar-refractivity contribution is 9.10. The molecule has 0 aliphatic heterocycles. The standard InChI is InChI=1S/C11H15BrN2O3/c1-11(2,3)17-10(15)14-9-5-8(16-4)7(12)6-13-9/h5-6H,1-4H3,(H,13,14,15). The third-order valence-corrected chi connectivity index (χ3v) is 2.26. The molecule has 0 bridgehead atoms. The topological polar surface area (TPSA) is 60.5 Å². The number of pyridine rings is 1. The van der Waals surface area contributed by atoms with Gasteiger partial charge in [0.05, 0.1) is 11.6 Å². The van der Waals surface area contributed by atoms with Crippen LogP contribution in [-0.4, -0.2) is 23.8 Å². The van der Waals surface area contributed by atoms with Crippen LogP contribution in [0.5, 0.6) is 5.75 Å². The van der Waals surface area contributed by atoms with Crippen molar-refractivity contribution in [3.8, 4) is 5.75 Å². The second-order valence-electron chi connectivity index (χ2n) is 4.33. The molecule has 0 saturated carbocycles. The number of ether oxygens (including phenoxy) is 2. The number of nitrogens with zero attached hydrogens (tertiary/aromatic N) is 1. The van der Waals surface area contributed by atoms with E-state index in [2.05, 4.69) is 26.2 Å². The zero-order valence-corrected chi connectivity index (χ0v) is 11.8. The number of rotatable bonds is 2.